The van der Waals surface area contributed by atoms with Crippen LogP contribution in [0.4, 0.5) is 0 Å². The van der Waals surface area contributed by atoms with E-state index in [1.54, 1.807) is 6.08 Å². The van der Waals surface area contributed by atoms with Crippen LogP contribution in [0.3, 0.4) is 0 Å². The molecule has 0 aliphatic carbocycles. The first-order valence-electron chi connectivity index (χ1n) is 33.4. The molecule has 468 valence electrons. The van der Waals surface area contributed by atoms with Gasteiger partial charge in [0.1, 0.15) is 24.4 Å². The molecule has 8 atom stereocenters. The Morgan fingerprint density at radius 1 is 0.481 bits per heavy atom. The summed E-state index contributed by atoms with van der Waals surface area (Å²) in [6.07, 6.45) is 64.7. The van der Waals surface area contributed by atoms with Gasteiger partial charge in [0.15, 0.2) is 12.4 Å². The second kappa shape index (κ2) is 57.3. The second-order valence-corrected chi connectivity index (χ2v) is 22.8. The van der Waals surface area contributed by atoms with Gasteiger partial charge in [-0.3, -0.25) is 9.59 Å². The molecule has 6 N–H and O–H groups in total. The van der Waals surface area contributed by atoms with Crippen LogP contribution in [0.15, 0.2) is 85.1 Å². The molecule has 8 unspecified atom stereocenters. The summed E-state index contributed by atoms with van der Waals surface area (Å²) in [6.45, 7) is 5.73. The average molecular weight is 1140 g/mol. The van der Waals surface area contributed by atoms with Crippen LogP contribution in [0.5, 0.6) is 0 Å². The van der Waals surface area contributed by atoms with Crippen LogP contribution in [0, 0.1) is 0 Å². The van der Waals surface area contributed by atoms with Crippen molar-refractivity contribution in [2.24, 2.45) is 0 Å². The standard InChI is InChI=1S/C70H123NO10/c1-4-7-10-13-16-19-22-24-26-28-30-31-32-34-35-37-39-42-45-48-51-54-57-63(74)69(78)71-61(62(73)56-53-50-47-44-41-21-18-15-12-9-6-3)60-79-70-68(67(77)66(76)64(59-72)80-70)81-65(75)58-55-52-49-46-43-40-38-36-33-29-27-25-23-20-17-14-11-8-5-2/h16-17,19-20,24-27,30-31,33,36,53,56,61-64,66-68,70,72-74,76-77H,4-15,18,21-23,28-29,32,34-35,37-52,54-55,57-60H2,1-3H3,(H,71,78)/b19-16-,20-17-,26-24-,27-25-,31-30-,36-33-,56-53+. The first-order valence-corrected chi connectivity index (χ1v) is 33.4. The fourth-order valence-corrected chi connectivity index (χ4v) is 9.96. The van der Waals surface area contributed by atoms with E-state index in [4.69, 9.17) is 14.2 Å². The molecule has 1 aliphatic rings. The quantitative estimate of drug-likeness (QED) is 0.0195. The van der Waals surface area contributed by atoms with Gasteiger partial charge in [-0.2, -0.15) is 0 Å². The number of aliphatic hydroxyl groups is 5. The molecule has 1 heterocycles. The van der Waals surface area contributed by atoms with Crippen molar-refractivity contribution in [2.45, 2.75) is 333 Å². The number of aliphatic hydroxyl groups excluding tert-OH is 5. The third-order valence-electron chi connectivity index (χ3n) is 15.3. The van der Waals surface area contributed by atoms with Crippen LogP contribution in [0.1, 0.15) is 284 Å². The summed E-state index contributed by atoms with van der Waals surface area (Å²) in [4.78, 5) is 26.6. The fourth-order valence-electron chi connectivity index (χ4n) is 9.96. The molecule has 11 nitrogen and oxygen atoms in total. The van der Waals surface area contributed by atoms with Crippen LogP contribution in [-0.4, -0.2) is 99.6 Å². The first-order chi connectivity index (χ1) is 39.7. The van der Waals surface area contributed by atoms with Gasteiger partial charge in [-0.1, -0.05) is 260 Å². The number of hydrogen-bond donors (Lipinski definition) is 6. The molecule has 0 aromatic heterocycles. The van der Waals surface area contributed by atoms with Crippen molar-refractivity contribution in [3.05, 3.63) is 85.1 Å². The summed E-state index contributed by atoms with van der Waals surface area (Å²) in [5.41, 5.74) is 0. The predicted molar refractivity (Wildman–Crippen MR) is 338 cm³/mol. The minimum absolute atomic E-state index is 0.106. The SMILES string of the molecule is CCCCC/C=C\C/C=C\C/C=C\CCCCCCCCCCCC(O)C(=O)NC(COC1OC(CO)C(O)C(O)C1OC(=O)CCCCCCCC/C=C\C/C=C\C/C=C\CCCCC)C(O)/C=C/CCCCCCCCCCC. The Hall–Kier alpha value is -3.16. The maximum absolute atomic E-state index is 13.5. The molecule has 0 aromatic carbocycles. The molecule has 1 aliphatic heterocycles. The lowest BCUT2D eigenvalue weighted by molar-refractivity contribution is -0.305. The van der Waals surface area contributed by atoms with Gasteiger partial charge in [0.25, 0.3) is 0 Å². The largest absolute Gasteiger partial charge is 0.454 e. The lowest BCUT2D eigenvalue weighted by Crippen LogP contribution is -2.61. The molecule has 0 aromatic rings. The molecule has 11 heteroatoms. The molecule has 0 saturated carbocycles. The number of unbranched alkanes of at least 4 members (excludes halogenated alkanes) is 30. The van der Waals surface area contributed by atoms with E-state index in [1.165, 1.54) is 128 Å². The topological polar surface area (TPSA) is 175 Å². The van der Waals surface area contributed by atoms with E-state index in [-0.39, 0.29) is 19.4 Å². The van der Waals surface area contributed by atoms with E-state index in [2.05, 4.69) is 99.0 Å². The fraction of sp³-hybridized carbons (Fsp3) is 0.771. The first kappa shape index (κ1) is 75.9. The molecule has 81 heavy (non-hydrogen) atoms. The zero-order valence-electron chi connectivity index (χ0n) is 51.9. The number of allylic oxidation sites excluding steroid dienone is 13. The third-order valence-corrected chi connectivity index (χ3v) is 15.3. The normalized spacial score (nSPS) is 19.2. The summed E-state index contributed by atoms with van der Waals surface area (Å²) in [7, 11) is 0. The molecule has 0 spiro atoms. The Bertz CT molecular complexity index is 1640. The van der Waals surface area contributed by atoms with Crippen LogP contribution >= 0.6 is 0 Å². The van der Waals surface area contributed by atoms with Crippen LogP contribution in [0.2, 0.25) is 0 Å². The minimum atomic E-state index is -1.62. The average Bonchev–Trinajstić information content (AvgIpc) is 3.52. The molecule has 1 rings (SSSR count). The lowest BCUT2D eigenvalue weighted by atomic mass is 9.99. The van der Waals surface area contributed by atoms with Crippen LogP contribution in [0.25, 0.3) is 0 Å². The summed E-state index contributed by atoms with van der Waals surface area (Å²) in [5.74, 6) is -1.21. The number of hydrogen-bond acceptors (Lipinski definition) is 10. The highest BCUT2D eigenvalue weighted by Crippen LogP contribution is 2.26. The summed E-state index contributed by atoms with van der Waals surface area (Å²) in [5, 5.41) is 57.1. The van der Waals surface area contributed by atoms with Crippen molar-refractivity contribution in [3.8, 4) is 0 Å². The number of amides is 1. The Balaban J connectivity index is 2.62. The minimum Gasteiger partial charge on any atom is -0.454 e. The smallest absolute Gasteiger partial charge is 0.306 e. The van der Waals surface area contributed by atoms with Crippen LogP contribution < -0.4 is 5.32 Å². The van der Waals surface area contributed by atoms with Gasteiger partial charge in [-0.05, 0) is 103 Å². The van der Waals surface area contributed by atoms with E-state index in [0.29, 0.717) is 12.8 Å². The molecule has 1 saturated heterocycles. The number of rotatable bonds is 56. The zero-order chi connectivity index (χ0) is 58.9. The predicted octanol–water partition coefficient (Wildman–Crippen LogP) is 16.5. The van der Waals surface area contributed by atoms with Gasteiger partial charge in [0, 0.05) is 6.42 Å². The highest BCUT2D eigenvalue weighted by molar-refractivity contribution is 5.80. The third kappa shape index (κ3) is 45.0. The van der Waals surface area contributed by atoms with Gasteiger partial charge >= 0.3 is 5.97 Å². The number of carbonyl (C=O) groups is 2. The highest BCUT2D eigenvalue weighted by Gasteiger charge is 2.47. The summed E-state index contributed by atoms with van der Waals surface area (Å²) >= 11 is 0. The van der Waals surface area contributed by atoms with Crippen molar-refractivity contribution in [1.82, 2.24) is 5.32 Å². The second-order valence-electron chi connectivity index (χ2n) is 22.8. The van der Waals surface area contributed by atoms with E-state index in [9.17, 15) is 35.1 Å². The molecular weight excluding hydrogens is 1010 g/mol. The van der Waals surface area contributed by atoms with E-state index >= 15 is 0 Å². The lowest BCUT2D eigenvalue weighted by Gasteiger charge is -2.41. The summed E-state index contributed by atoms with van der Waals surface area (Å²) < 4.78 is 17.6. The molecule has 0 bridgehead atoms. The van der Waals surface area contributed by atoms with Crippen molar-refractivity contribution in [1.29, 1.82) is 0 Å². The highest BCUT2D eigenvalue weighted by atomic mass is 16.7. The number of carbonyl (C=O) groups excluding carboxylic acids is 2. The van der Waals surface area contributed by atoms with Gasteiger partial charge in [-0.15, -0.1) is 0 Å². The molecule has 0 radical (unpaired) electrons. The van der Waals surface area contributed by atoms with Gasteiger partial charge in [0.05, 0.1) is 25.4 Å². The Kier molecular flexibility index (Phi) is 53.6. The van der Waals surface area contributed by atoms with E-state index in [0.717, 1.165) is 109 Å². The van der Waals surface area contributed by atoms with Gasteiger partial charge < -0.3 is 45.1 Å². The summed E-state index contributed by atoms with van der Waals surface area (Å²) in [6, 6.07) is -1.03. The maximum Gasteiger partial charge on any atom is 0.306 e. The number of esters is 1. The Labute approximate surface area is 495 Å². The van der Waals surface area contributed by atoms with Crippen molar-refractivity contribution >= 4 is 11.9 Å². The van der Waals surface area contributed by atoms with E-state index in [1.807, 2.05) is 6.08 Å². The van der Waals surface area contributed by atoms with Crippen molar-refractivity contribution in [3.63, 3.8) is 0 Å². The zero-order valence-corrected chi connectivity index (χ0v) is 51.9. The molecular formula is C70H123NO10. The van der Waals surface area contributed by atoms with Gasteiger partial charge in [0.2, 0.25) is 5.91 Å². The number of ether oxygens (including phenoxy) is 3. The Morgan fingerprint density at radius 3 is 1.30 bits per heavy atom. The van der Waals surface area contributed by atoms with Crippen molar-refractivity contribution < 1.29 is 49.3 Å². The molecule has 1 fully saturated rings. The van der Waals surface area contributed by atoms with E-state index < -0.39 is 67.4 Å². The monoisotopic (exact) mass is 1140 g/mol. The number of nitrogens with one attached hydrogen (secondary N) is 1. The van der Waals surface area contributed by atoms with Crippen LogP contribution in [-0.2, 0) is 23.8 Å². The molecule has 1 amide bonds. The van der Waals surface area contributed by atoms with Crippen molar-refractivity contribution in [2.75, 3.05) is 13.2 Å². The maximum atomic E-state index is 13.5. The Morgan fingerprint density at radius 2 is 0.852 bits per heavy atom. The van der Waals surface area contributed by atoms with Gasteiger partial charge in [-0.25, -0.2) is 0 Å².